The summed E-state index contributed by atoms with van der Waals surface area (Å²) in [5.74, 6) is -1.32. The second-order valence-electron chi connectivity index (χ2n) is 31.2. The van der Waals surface area contributed by atoms with Crippen molar-refractivity contribution in [3.8, 4) is 0 Å². The normalized spacial score (nSPS) is 14.0. The molecule has 0 aromatic rings. The maximum atomic E-state index is 13.1. The fraction of sp³-hybridized carbons (Fsp3) is 0.953. The zero-order valence-corrected chi connectivity index (χ0v) is 70.7. The Balaban J connectivity index is 5.26. The molecule has 0 fully saturated rings. The van der Waals surface area contributed by atoms with Gasteiger partial charge in [0.1, 0.15) is 19.3 Å². The first-order valence-corrected chi connectivity index (χ1v) is 47.7. The van der Waals surface area contributed by atoms with Gasteiger partial charge in [-0.05, 0) is 31.6 Å². The van der Waals surface area contributed by atoms with E-state index in [9.17, 15) is 43.2 Å². The molecule has 19 heteroatoms. The molecule has 3 N–H and O–H groups in total. The van der Waals surface area contributed by atoms with Crippen LogP contribution < -0.4 is 0 Å². The molecule has 105 heavy (non-hydrogen) atoms. The van der Waals surface area contributed by atoms with Gasteiger partial charge in [0, 0.05) is 25.7 Å². The average molecular weight is 1540 g/mol. The van der Waals surface area contributed by atoms with E-state index < -0.39 is 97.5 Å². The third kappa shape index (κ3) is 78.5. The van der Waals surface area contributed by atoms with Crippen LogP contribution in [0.25, 0.3) is 0 Å². The van der Waals surface area contributed by atoms with E-state index in [0.717, 1.165) is 95.8 Å². The molecule has 0 aliphatic carbocycles. The van der Waals surface area contributed by atoms with E-state index in [1.165, 1.54) is 289 Å². The summed E-state index contributed by atoms with van der Waals surface area (Å²) in [7, 11) is -9.93. The molecule has 0 aliphatic heterocycles. The van der Waals surface area contributed by atoms with Crippen LogP contribution in [0.5, 0.6) is 0 Å². The van der Waals surface area contributed by atoms with Crippen LogP contribution in [0.1, 0.15) is 465 Å². The Morgan fingerprint density at radius 3 is 0.676 bits per heavy atom. The van der Waals surface area contributed by atoms with Crippen LogP contribution in [0.15, 0.2) is 0 Å². The Labute approximate surface area is 645 Å². The number of carbonyl (C=O) groups is 4. The first-order valence-electron chi connectivity index (χ1n) is 44.7. The van der Waals surface area contributed by atoms with Gasteiger partial charge in [-0.2, -0.15) is 0 Å². The summed E-state index contributed by atoms with van der Waals surface area (Å²) in [6.07, 6.45) is 72.1. The van der Waals surface area contributed by atoms with Crippen molar-refractivity contribution in [1.82, 2.24) is 0 Å². The lowest BCUT2D eigenvalue weighted by molar-refractivity contribution is -0.161. The molecule has 0 spiro atoms. The smallest absolute Gasteiger partial charge is 0.462 e. The fourth-order valence-corrected chi connectivity index (χ4v) is 15.0. The van der Waals surface area contributed by atoms with Gasteiger partial charge in [0.25, 0.3) is 0 Å². The summed E-state index contributed by atoms with van der Waals surface area (Å²) in [5.41, 5.74) is 0. The predicted molar refractivity (Wildman–Crippen MR) is 432 cm³/mol. The molecule has 3 unspecified atom stereocenters. The van der Waals surface area contributed by atoms with E-state index >= 15 is 0 Å². The molecule has 0 amide bonds. The van der Waals surface area contributed by atoms with Gasteiger partial charge in [-0.15, -0.1) is 0 Å². The van der Waals surface area contributed by atoms with Gasteiger partial charge in [-0.25, -0.2) is 9.13 Å². The van der Waals surface area contributed by atoms with Crippen LogP contribution >= 0.6 is 15.6 Å². The molecular weight excluding hydrogens is 1370 g/mol. The van der Waals surface area contributed by atoms with Crippen molar-refractivity contribution in [2.24, 2.45) is 5.92 Å². The van der Waals surface area contributed by atoms with Crippen molar-refractivity contribution in [3.05, 3.63) is 0 Å². The van der Waals surface area contributed by atoms with E-state index in [0.29, 0.717) is 25.7 Å². The van der Waals surface area contributed by atoms with Crippen LogP contribution in [-0.4, -0.2) is 96.7 Å². The van der Waals surface area contributed by atoms with Crippen molar-refractivity contribution in [2.75, 3.05) is 39.6 Å². The molecule has 0 radical (unpaired) electrons. The molecule has 0 rings (SSSR count). The van der Waals surface area contributed by atoms with Gasteiger partial charge < -0.3 is 33.8 Å². The van der Waals surface area contributed by atoms with Gasteiger partial charge in [-0.1, -0.05) is 413 Å². The lowest BCUT2D eigenvalue weighted by Crippen LogP contribution is -2.30. The van der Waals surface area contributed by atoms with Crippen molar-refractivity contribution in [3.63, 3.8) is 0 Å². The Kier molecular flexibility index (Phi) is 77.3. The average Bonchev–Trinajstić information content (AvgIpc) is 0.929. The molecule has 0 saturated heterocycles. The summed E-state index contributed by atoms with van der Waals surface area (Å²) in [6, 6.07) is 0. The third-order valence-corrected chi connectivity index (χ3v) is 22.5. The zero-order chi connectivity index (χ0) is 76.9. The quantitative estimate of drug-likeness (QED) is 0.0222. The highest BCUT2D eigenvalue weighted by atomic mass is 31.2. The van der Waals surface area contributed by atoms with E-state index in [1.807, 2.05) is 0 Å². The molecule has 0 heterocycles. The van der Waals surface area contributed by atoms with E-state index in [1.54, 1.807) is 0 Å². The standard InChI is InChI=1S/C86H168O17P2/c1-6-10-13-16-19-22-25-28-31-34-35-36-38-41-44-47-50-57-62-67-72-85(90)102-81(75-96-83(88)69-64-59-54-48-45-42-40-37-32-29-26-23-20-17-14-11-7-2)77-100-104(92,93)98-73-80(87)74-99-105(94,95)101-78-82(76-97-84(89)70-65-60-55-52-51-53-58-63-68-79(5)9-4)103-86(91)71-66-61-56-49-46-43-39-33-30-27-24-21-18-15-12-8-3/h79-82,87H,6-78H2,1-5H3,(H,92,93)(H,94,95)/t79?,80-,81-,82-/m1/s1. The molecule has 17 nitrogen and oxygen atoms in total. The summed E-state index contributed by atoms with van der Waals surface area (Å²) in [6.45, 7) is 7.37. The van der Waals surface area contributed by atoms with Gasteiger partial charge in [0.15, 0.2) is 12.2 Å². The highest BCUT2D eigenvalue weighted by Gasteiger charge is 2.30. The van der Waals surface area contributed by atoms with Gasteiger partial charge in [0.05, 0.1) is 26.4 Å². The molecule has 0 aliphatic rings. The first kappa shape index (κ1) is 103. The number of phosphoric acid groups is 2. The van der Waals surface area contributed by atoms with Gasteiger partial charge >= 0.3 is 39.5 Å². The Hall–Kier alpha value is -1.94. The number of hydrogen-bond donors (Lipinski definition) is 3. The largest absolute Gasteiger partial charge is 0.472 e. The topological polar surface area (TPSA) is 237 Å². The number of phosphoric ester groups is 2. The SMILES string of the molecule is CCCCCCCCCCCCCCCCCCCCCCC(=O)O[C@H](COC(=O)CCCCCCCCCCCCCCCCCCC)COP(=O)(O)OC[C@@H](O)COP(=O)(O)OC[C@@H](COC(=O)CCCCCCCCCCC(C)CC)OC(=O)CCCCCCCCCCCCCCCCCC. The maximum absolute atomic E-state index is 13.1. The predicted octanol–water partition coefficient (Wildman–Crippen LogP) is 26.4. The molecule has 0 aromatic heterocycles. The van der Waals surface area contributed by atoms with Crippen LogP contribution in [0.4, 0.5) is 0 Å². The van der Waals surface area contributed by atoms with Crippen molar-refractivity contribution in [2.45, 2.75) is 483 Å². The minimum Gasteiger partial charge on any atom is -0.462 e. The number of rotatable bonds is 86. The highest BCUT2D eigenvalue weighted by molar-refractivity contribution is 7.47. The van der Waals surface area contributed by atoms with Crippen molar-refractivity contribution < 1.29 is 80.2 Å². The number of unbranched alkanes of at least 4 members (excludes halogenated alkanes) is 57. The molecule has 0 aromatic carbocycles. The van der Waals surface area contributed by atoms with E-state index in [2.05, 4.69) is 34.6 Å². The first-order chi connectivity index (χ1) is 51.1. The van der Waals surface area contributed by atoms with E-state index in [-0.39, 0.29) is 25.7 Å². The number of aliphatic hydroxyl groups is 1. The number of hydrogen-bond acceptors (Lipinski definition) is 15. The van der Waals surface area contributed by atoms with Crippen LogP contribution in [-0.2, 0) is 65.4 Å². The maximum Gasteiger partial charge on any atom is 0.472 e. The second-order valence-corrected chi connectivity index (χ2v) is 34.1. The second kappa shape index (κ2) is 78.7. The number of carbonyl (C=O) groups excluding carboxylic acids is 4. The molecule has 6 atom stereocenters. The minimum atomic E-state index is -4.97. The van der Waals surface area contributed by atoms with Crippen molar-refractivity contribution >= 4 is 39.5 Å². The highest BCUT2D eigenvalue weighted by Crippen LogP contribution is 2.45. The van der Waals surface area contributed by atoms with Gasteiger partial charge in [0.2, 0.25) is 0 Å². The summed E-state index contributed by atoms with van der Waals surface area (Å²) < 4.78 is 68.9. The lowest BCUT2D eigenvalue weighted by atomic mass is 9.99. The van der Waals surface area contributed by atoms with Gasteiger partial charge in [-0.3, -0.25) is 37.3 Å². The molecule has 0 saturated carbocycles. The molecule has 624 valence electrons. The monoisotopic (exact) mass is 1540 g/mol. The Morgan fingerprint density at radius 1 is 0.267 bits per heavy atom. The van der Waals surface area contributed by atoms with Crippen LogP contribution in [0.3, 0.4) is 0 Å². The number of aliphatic hydroxyl groups excluding tert-OH is 1. The van der Waals surface area contributed by atoms with Crippen LogP contribution in [0, 0.1) is 5.92 Å². The Morgan fingerprint density at radius 2 is 0.457 bits per heavy atom. The molecular formula is C86H168O17P2. The lowest BCUT2D eigenvalue weighted by Gasteiger charge is -2.21. The molecule has 0 bridgehead atoms. The number of esters is 4. The zero-order valence-electron chi connectivity index (χ0n) is 68.9. The summed E-state index contributed by atoms with van der Waals surface area (Å²) in [4.78, 5) is 73.3. The number of ether oxygens (including phenoxy) is 4. The Bertz CT molecular complexity index is 2000. The fourth-order valence-electron chi connectivity index (χ4n) is 13.4. The third-order valence-electron chi connectivity index (χ3n) is 20.6. The minimum absolute atomic E-state index is 0.108. The summed E-state index contributed by atoms with van der Waals surface area (Å²) in [5, 5.41) is 10.7. The summed E-state index contributed by atoms with van der Waals surface area (Å²) >= 11 is 0. The van der Waals surface area contributed by atoms with Crippen molar-refractivity contribution in [1.29, 1.82) is 0 Å². The van der Waals surface area contributed by atoms with Crippen LogP contribution in [0.2, 0.25) is 0 Å². The van der Waals surface area contributed by atoms with E-state index in [4.69, 9.17) is 37.0 Å².